The van der Waals surface area contributed by atoms with Crippen molar-refractivity contribution in [2.75, 3.05) is 0 Å². The Morgan fingerprint density at radius 2 is 2.18 bits per heavy atom. The number of hydrogen-bond acceptors (Lipinski definition) is 1. The Morgan fingerprint density at radius 3 is 2.76 bits per heavy atom. The highest BCUT2D eigenvalue weighted by atomic mass is 35.5. The third-order valence-corrected chi connectivity index (χ3v) is 3.07. The summed E-state index contributed by atoms with van der Waals surface area (Å²) in [6.07, 6.45) is 2.49. The fourth-order valence-electron chi connectivity index (χ4n) is 1.92. The lowest BCUT2D eigenvalue weighted by atomic mass is 9.94. The van der Waals surface area contributed by atoms with Crippen molar-refractivity contribution in [1.82, 2.24) is 0 Å². The van der Waals surface area contributed by atoms with Gasteiger partial charge in [-0.2, -0.15) is 0 Å². The van der Waals surface area contributed by atoms with Crippen LogP contribution < -0.4 is 0 Å². The van der Waals surface area contributed by atoms with Crippen LogP contribution in [0.15, 0.2) is 18.2 Å². The quantitative estimate of drug-likeness (QED) is 0.737. The normalized spacial score (nSPS) is 12.5. The molecule has 1 nitrogen and oxygen atoms in total. The molecule has 0 aliphatic heterocycles. The molecule has 1 aromatic rings. The summed E-state index contributed by atoms with van der Waals surface area (Å²) in [6, 6.07) is 4.68. The van der Waals surface area contributed by atoms with E-state index in [1.165, 1.54) is 6.07 Å². The summed E-state index contributed by atoms with van der Waals surface area (Å²) in [7, 11) is 0. The molecule has 0 saturated heterocycles. The summed E-state index contributed by atoms with van der Waals surface area (Å²) in [4.78, 5) is 11.5. The molecule has 0 bridgehead atoms. The monoisotopic (exact) mass is 256 g/mol. The maximum Gasteiger partial charge on any atom is 0.133 e. The fourth-order valence-corrected chi connectivity index (χ4v) is 2.16. The zero-order valence-electron chi connectivity index (χ0n) is 10.3. The number of rotatable bonds is 6. The zero-order chi connectivity index (χ0) is 12.8. The number of halogens is 2. The molecule has 3 heteroatoms. The molecule has 94 valence electrons. The second-order valence-corrected chi connectivity index (χ2v) is 4.91. The number of carbonyl (C=O) groups is 1. The molecule has 1 rings (SSSR count). The molecule has 0 amide bonds. The van der Waals surface area contributed by atoms with Crippen LogP contribution in [0.25, 0.3) is 0 Å². The van der Waals surface area contributed by atoms with Crippen LogP contribution in [-0.4, -0.2) is 5.78 Å². The molecule has 17 heavy (non-hydrogen) atoms. The average molecular weight is 257 g/mol. The molecule has 0 saturated carbocycles. The van der Waals surface area contributed by atoms with Crippen LogP contribution in [0.2, 0.25) is 5.02 Å². The first-order valence-electron chi connectivity index (χ1n) is 5.99. The summed E-state index contributed by atoms with van der Waals surface area (Å²) in [6.45, 7) is 3.94. The van der Waals surface area contributed by atoms with Crippen LogP contribution in [0.1, 0.15) is 38.7 Å². The second kappa shape index (κ2) is 6.75. The molecular weight excluding hydrogens is 239 g/mol. The number of hydrogen-bond donors (Lipinski definition) is 0. The van der Waals surface area contributed by atoms with Crippen molar-refractivity contribution in [3.63, 3.8) is 0 Å². The first-order valence-corrected chi connectivity index (χ1v) is 6.37. The van der Waals surface area contributed by atoms with E-state index in [0.29, 0.717) is 29.8 Å². The third kappa shape index (κ3) is 4.47. The van der Waals surface area contributed by atoms with Crippen molar-refractivity contribution in [3.8, 4) is 0 Å². The largest absolute Gasteiger partial charge is 0.300 e. The molecule has 0 aromatic heterocycles. The standard InChI is InChI=1S/C14H18ClFO/c1-3-5-11(17)8-10(2)9-12-13(15)6-4-7-14(12)16/h4,6-7,10H,3,5,8-9H2,1-2H3. The van der Waals surface area contributed by atoms with Crippen molar-refractivity contribution in [2.45, 2.75) is 39.5 Å². The summed E-state index contributed by atoms with van der Waals surface area (Å²) in [5, 5.41) is 0.444. The van der Waals surface area contributed by atoms with E-state index < -0.39 is 0 Å². The van der Waals surface area contributed by atoms with Gasteiger partial charge in [-0.3, -0.25) is 4.79 Å². The summed E-state index contributed by atoms with van der Waals surface area (Å²) in [5.41, 5.74) is 0.519. The fraction of sp³-hybridized carbons (Fsp3) is 0.500. The van der Waals surface area contributed by atoms with Gasteiger partial charge in [-0.15, -0.1) is 0 Å². The molecule has 1 atom stereocenters. The minimum Gasteiger partial charge on any atom is -0.300 e. The number of carbonyl (C=O) groups excluding carboxylic acids is 1. The van der Waals surface area contributed by atoms with E-state index in [1.54, 1.807) is 12.1 Å². The lowest BCUT2D eigenvalue weighted by Gasteiger charge is -2.12. The highest BCUT2D eigenvalue weighted by molar-refractivity contribution is 6.31. The van der Waals surface area contributed by atoms with Gasteiger partial charge in [-0.05, 0) is 30.9 Å². The van der Waals surface area contributed by atoms with Crippen LogP contribution in [0.5, 0.6) is 0 Å². The SMILES string of the molecule is CCCC(=O)CC(C)Cc1c(F)cccc1Cl. The first kappa shape index (κ1) is 14.2. The van der Waals surface area contributed by atoms with E-state index in [0.717, 1.165) is 6.42 Å². The molecule has 0 fully saturated rings. The summed E-state index contributed by atoms with van der Waals surface area (Å²) in [5.74, 6) is 0.0863. The predicted octanol–water partition coefficient (Wildman–Crippen LogP) is 4.42. The van der Waals surface area contributed by atoms with Gasteiger partial charge in [0, 0.05) is 23.4 Å². The maximum atomic E-state index is 13.5. The molecule has 1 unspecified atom stereocenters. The first-order chi connectivity index (χ1) is 8.04. The molecule has 1 aromatic carbocycles. The van der Waals surface area contributed by atoms with Gasteiger partial charge in [0.2, 0.25) is 0 Å². The van der Waals surface area contributed by atoms with Crippen LogP contribution in [0.4, 0.5) is 4.39 Å². The van der Waals surface area contributed by atoms with Gasteiger partial charge >= 0.3 is 0 Å². The molecule has 0 spiro atoms. The van der Waals surface area contributed by atoms with E-state index in [-0.39, 0.29) is 17.5 Å². The van der Waals surface area contributed by atoms with Crippen molar-refractivity contribution in [2.24, 2.45) is 5.92 Å². The van der Waals surface area contributed by atoms with Gasteiger partial charge in [-0.1, -0.05) is 31.5 Å². The highest BCUT2D eigenvalue weighted by Crippen LogP contribution is 2.23. The van der Waals surface area contributed by atoms with E-state index in [2.05, 4.69) is 0 Å². The minimum absolute atomic E-state index is 0.128. The topological polar surface area (TPSA) is 17.1 Å². The second-order valence-electron chi connectivity index (χ2n) is 4.50. The molecule has 0 aliphatic carbocycles. The van der Waals surface area contributed by atoms with Crippen molar-refractivity contribution in [1.29, 1.82) is 0 Å². The van der Waals surface area contributed by atoms with E-state index in [9.17, 15) is 9.18 Å². The Bertz CT molecular complexity index is 370. The number of Topliss-reactive ketones (excluding diaryl/α,β-unsaturated/α-hetero) is 1. The lowest BCUT2D eigenvalue weighted by Crippen LogP contribution is -2.09. The van der Waals surface area contributed by atoms with E-state index in [4.69, 9.17) is 11.6 Å². The van der Waals surface area contributed by atoms with Crippen LogP contribution in [-0.2, 0) is 11.2 Å². The van der Waals surface area contributed by atoms with Gasteiger partial charge in [0.1, 0.15) is 11.6 Å². The Kier molecular flexibility index (Phi) is 5.63. The molecule has 0 heterocycles. The van der Waals surface area contributed by atoms with Gasteiger partial charge in [0.25, 0.3) is 0 Å². The number of ketones is 1. The van der Waals surface area contributed by atoms with Crippen LogP contribution >= 0.6 is 11.6 Å². The average Bonchev–Trinajstić information content (AvgIpc) is 2.24. The van der Waals surface area contributed by atoms with E-state index in [1.807, 2.05) is 13.8 Å². The smallest absolute Gasteiger partial charge is 0.133 e. The molecule has 0 radical (unpaired) electrons. The van der Waals surface area contributed by atoms with Gasteiger partial charge < -0.3 is 0 Å². The summed E-state index contributed by atoms with van der Waals surface area (Å²) >= 11 is 5.95. The zero-order valence-corrected chi connectivity index (χ0v) is 11.1. The number of benzene rings is 1. The molecule has 0 N–H and O–H groups in total. The third-order valence-electron chi connectivity index (χ3n) is 2.72. The molecular formula is C14H18ClFO. The van der Waals surface area contributed by atoms with Gasteiger partial charge in [0.05, 0.1) is 0 Å². The van der Waals surface area contributed by atoms with Gasteiger partial charge in [0.15, 0.2) is 0 Å². The Hall–Kier alpha value is -0.890. The van der Waals surface area contributed by atoms with Crippen LogP contribution in [0, 0.1) is 11.7 Å². The van der Waals surface area contributed by atoms with Gasteiger partial charge in [-0.25, -0.2) is 4.39 Å². The van der Waals surface area contributed by atoms with Crippen molar-refractivity contribution < 1.29 is 9.18 Å². The lowest BCUT2D eigenvalue weighted by molar-refractivity contribution is -0.119. The molecule has 0 aliphatic rings. The minimum atomic E-state index is -0.285. The van der Waals surface area contributed by atoms with Crippen molar-refractivity contribution in [3.05, 3.63) is 34.6 Å². The van der Waals surface area contributed by atoms with Crippen molar-refractivity contribution >= 4 is 17.4 Å². The predicted molar refractivity (Wildman–Crippen MR) is 68.8 cm³/mol. The van der Waals surface area contributed by atoms with E-state index >= 15 is 0 Å². The van der Waals surface area contributed by atoms with Crippen LogP contribution in [0.3, 0.4) is 0 Å². The highest BCUT2D eigenvalue weighted by Gasteiger charge is 2.14. The Morgan fingerprint density at radius 1 is 1.47 bits per heavy atom. The summed E-state index contributed by atoms with van der Waals surface area (Å²) < 4.78 is 13.5. The Labute approximate surface area is 107 Å². The maximum absolute atomic E-state index is 13.5. The Balaban J connectivity index is 2.62.